The molecule has 1 aromatic rings. The summed E-state index contributed by atoms with van der Waals surface area (Å²) in [6, 6.07) is 4.84. The molecule has 1 aliphatic carbocycles. The summed E-state index contributed by atoms with van der Waals surface area (Å²) in [4.78, 5) is 0. The number of halogens is 1. The molecular formula is C11H13FO2. The molecule has 0 amide bonds. The van der Waals surface area contributed by atoms with Crippen LogP contribution >= 0.6 is 0 Å². The molecule has 1 fully saturated rings. The number of aliphatic hydroxyl groups is 1. The van der Waals surface area contributed by atoms with E-state index in [4.69, 9.17) is 4.74 Å². The molecule has 0 unspecified atom stereocenters. The van der Waals surface area contributed by atoms with Gasteiger partial charge in [-0.05, 0) is 24.5 Å². The number of hydrogen-bond acceptors (Lipinski definition) is 2. The van der Waals surface area contributed by atoms with Gasteiger partial charge in [0.05, 0.1) is 12.2 Å². The normalized spacial score (nSPS) is 18.2. The average Bonchev–Trinajstić information content (AvgIpc) is 2.89. The van der Waals surface area contributed by atoms with Gasteiger partial charge in [-0.3, -0.25) is 0 Å². The van der Waals surface area contributed by atoms with Gasteiger partial charge in [0.25, 0.3) is 0 Å². The fourth-order valence-corrected chi connectivity index (χ4v) is 1.52. The van der Waals surface area contributed by atoms with Crippen molar-refractivity contribution in [2.75, 3.05) is 7.11 Å². The molecule has 1 saturated carbocycles. The van der Waals surface area contributed by atoms with Crippen LogP contribution in [0.15, 0.2) is 18.2 Å². The van der Waals surface area contributed by atoms with E-state index in [2.05, 4.69) is 0 Å². The molecule has 14 heavy (non-hydrogen) atoms. The van der Waals surface area contributed by atoms with Gasteiger partial charge in [0.1, 0.15) is 5.82 Å². The number of ether oxygens (including phenoxy) is 1. The molecule has 3 heteroatoms. The molecule has 1 N–H and O–H groups in total. The van der Waals surface area contributed by atoms with Crippen LogP contribution in [0.2, 0.25) is 0 Å². The van der Waals surface area contributed by atoms with Gasteiger partial charge in [-0.1, -0.05) is 12.1 Å². The van der Waals surface area contributed by atoms with E-state index in [-0.39, 0.29) is 12.4 Å². The molecule has 0 bridgehead atoms. The molecule has 0 aliphatic heterocycles. The molecule has 0 radical (unpaired) electrons. The highest BCUT2D eigenvalue weighted by Gasteiger charge is 2.42. The standard InChI is InChI=1S/C11H13FO2/c1-14-7-8-2-3-9(6-10(8)12)11(13)4-5-11/h2-3,6,13H,4-5,7H2,1H3. The first-order valence-electron chi connectivity index (χ1n) is 4.66. The van der Waals surface area contributed by atoms with Gasteiger partial charge in [0.15, 0.2) is 0 Å². The van der Waals surface area contributed by atoms with Crippen molar-refractivity contribution in [1.29, 1.82) is 0 Å². The van der Waals surface area contributed by atoms with Gasteiger partial charge in [-0.2, -0.15) is 0 Å². The van der Waals surface area contributed by atoms with Crippen molar-refractivity contribution in [2.45, 2.75) is 25.0 Å². The maximum Gasteiger partial charge on any atom is 0.129 e. The van der Waals surface area contributed by atoms with E-state index in [1.807, 2.05) is 0 Å². The molecule has 0 aromatic heterocycles. The second-order valence-electron chi connectivity index (χ2n) is 3.77. The Morgan fingerprint density at radius 1 is 1.50 bits per heavy atom. The quantitative estimate of drug-likeness (QED) is 0.800. The zero-order valence-electron chi connectivity index (χ0n) is 8.09. The van der Waals surface area contributed by atoms with Crippen LogP contribution in [-0.4, -0.2) is 12.2 Å². The van der Waals surface area contributed by atoms with Crippen molar-refractivity contribution < 1.29 is 14.2 Å². The molecule has 0 saturated heterocycles. The largest absolute Gasteiger partial charge is 0.385 e. The molecule has 0 heterocycles. The average molecular weight is 196 g/mol. The summed E-state index contributed by atoms with van der Waals surface area (Å²) in [6.45, 7) is 0.268. The van der Waals surface area contributed by atoms with Gasteiger partial charge < -0.3 is 9.84 Å². The van der Waals surface area contributed by atoms with Gasteiger partial charge in [-0.15, -0.1) is 0 Å². The maximum atomic E-state index is 13.4. The molecule has 2 nitrogen and oxygen atoms in total. The SMILES string of the molecule is COCc1ccc(C2(O)CC2)cc1F. The molecular weight excluding hydrogens is 183 g/mol. The van der Waals surface area contributed by atoms with E-state index in [0.29, 0.717) is 11.1 Å². The van der Waals surface area contributed by atoms with Crippen molar-refractivity contribution >= 4 is 0 Å². The van der Waals surface area contributed by atoms with E-state index in [1.54, 1.807) is 12.1 Å². The fourth-order valence-electron chi connectivity index (χ4n) is 1.52. The lowest BCUT2D eigenvalue weighted by molar-refractivity contribution is 0.150. The molecule has 0 spiro atoms. The Morgan fingerprint density at radius 3 is 2.71 bits per heavy atom. The maximum absolute atomic E-state index is 13.4. The number of hydrogen-bond donors (Lipinski definition) is 1. The van der Waals surface area contributed by atoms with Crippen LogP contribution in [0.5, 0.6) is 0 Å². The second-order valence-corrected chi connectivity index (χ2v) is 3.77. The minimum Gasteiger partial charge on any atom is -0.385 e. The van der Waals surface area contributed by atoms with Gasteiger partial charge in [0, 0.05) is 12.7 Å². The summed E-state index contributed by atoms with van der Waals surface area (Å²) in [5.74, 6) is -0.301. The highest BCUT2D eigenvalue weighted by molar-refractivity contribution is 5.31. The first kappa shape index (κ1) is 9.62. The van der Waals surface area contributed by atoms with Crippen LogP contribution in [0.25, 0.3) is 0 Å². The summed E-state index contributed by atoms with van der Waals surface area (Å²) in [7, 11) is 1.53. The lowest BCUT2D eigenvalue weighted by atomic mass is 10.1. The predicted molar refractivity (Wildman–Crippen MR) is 50.2 cm³/mol. The Morgan fingerprint density at radius 2 is 2.21 bits per heavy atom. The third-order valence-corrected chi connectivity index (χ3v) is 2.61. The van der Waals surface area contributed by atoms with Crippen LogP contribution in [0.4, 0.5) is 4.39 Å². The van der Waals surface area contributed by atoms with Crippen LogP contribution in [-0.2, 0) is 16.9 Å². The van der Waals surface area contributed by atoms with Crippen LogP contribution in [0.3, 0.4) is 0 Å². The minimum absolute atomic E-state index is 0.268. The smallest absolute Gasteiger partial charge is 0.129 e. The van der Waals surface area contributed by atoms with Crippen molar-refractivity contribution in [1.82, 2.24) is 0 Å². The zero-order valence-corrected chi connectivity index (χ0v) is 8.09. The van der Waals surface area contributed by atoms with Crippen LogP contribution in [0.1, 0.15) is 24.0 Å². The first-order valence-corrected chi connectivity index (χ1v) is 4.66. The Labute approximate surface area is 82.3 Å². The summed E-state index contributed by atoms with van der Waals surface area (Å²) >= 11 is 0. The van der Waals surface area contributed by atoms with E-state index in [9.17, 15) is 9.50 Å². The van der Waals surface area contributed by atoms with E-state index in [0.717, 1.165) is 12.8 Å². The monoisotopic (exact) mass is 196 g/mol. The minimum atomic E-state index is -0.757. The summed E-state index contributed by atoms with van der Waals surface area (Å²) in [5, 5.41) is 9.75. The number of methoxy groups -OCH3 is 1. The molecule has 1 aromatic carbocycles. The Kier molecular flexibility index (Phi) is 2.29. The Hall–Kier alpha value is -0.930. The van der Waals surface area contributed by atoms with Crippen molar-refractivity contribution in [3.63, 3.8) is 0 Å². The predicted octanol–water partition coefficient (Wildman–Crippen LogP) is 1.95. The van der Waals surface area contributed by atoms with Gasteiger partial charge >= 0.3 is 0 Å². The van der Waals surface area contributed by atoms with Gasteiger partial charge in [0.2, 0.25) is 0 Å². The lowest BCUT2D eigenvalue weighted by Crippen LogP contribution is -2.05. The van der Waals surface area contributed by atoms with E-state index < -0.39 is 5.60 Å². The molecule has 0 atom stereocenters. The van der Waals surface area contributed by atoms with Crippen molar-refractivity contribution in [2.24, 2.45) is 0 Å². The summed E-state index contributed by atoms with van der Waals surface area (Å²) in [5.41, 5.74) is 0.447. The van der Waals surface area contributed by atoms with E-state index >= 15 is 0 Å². The van der Waals surface area contributed by atoms with Gasteiger partial charge in [-0.25, -0.2) is 4.39 Å². The lowest BCUT2D eigenvalue weighted by Gasteiger charge is -2.09. The third-order valence-electron chi connectivity index (χ3n) is 2.61. The van der Waals surface area contributed by atoms with Crippen molar-refractivity contribution in [3.05, 3.63) is 35.1 Å². The Bertz CT molecular complexity index is 345. The highest BCUT2D eigenvalue weighted by atomic mass is 19.1. The zero-order chi connectivity index (χ0) is 10.2. The highest BCUT2D eigenvalue weighted by Crippen LogP contribution is 2.45. The van der Waals surface area contributed by atoms with Crippen LogP contribution < -0.4 is 0 Å². The fraction of sp³-hybridized carbons (Fsp3) is 0.455. The Balaban J connectivity index is 2.26. The second kappa shape index (κ2) is 3.33. The number of benzene rings is 1. The topological polar surface area (TPSA) is 29.5 Å². The summed E-state index contributed by atoms with van der Waals surface area (Å²) < 4.78 is 18.3. The summed E-state index contributed by atoms with van der Waals surface area (Å²) in [6.07, 6.45) is 1.46. The van der Waals surface area contributed by atoms with Crippen molar-refractivity contribution in [3.8, 4) is 0 Å². The number of rotatable bonds is 3. The molecule has 1 aliphatic rings. The molecule has 76 valence electrons. The first-order chi connectivity index (χ1) is 6.65. The third kappa shape index (κ3) is 1.65. The van der Waals surface area contributed by atoms with E-state index in [1.165, 1.54) is 13.2 Å². The molecule has 2 rings (SSSR count). The van der Waals surface area contributed by atoms with Crippen LogP contribution in [0, 0.1) is 5.82 Å².